The molecule has 0 aromatic heterocycles. The lowest BCUT2D eigenvalue weighted by molar-refractivity contribution is 0.0506. The van der Waals surface area contributed by atoms with Gasteiger partial charge in [-0.25, -0.2) is 0 Å². The number of benzene rings is 2. The molecular weight excluding hydrogens is 454 g/mol. The highest BCUT2D eigenvalue weighted by molar-refractivity contribution is 6.81. The van der Waals surface area contributed by atoms with Gasteiger partial charge >= 0.3 is 0 Å². The third-order valence-electron chi connectivity index (χ3n) is 6.04. The van der Waals surface area contributed by atoms with Crippen LogP contribution in [0.5, 0.6) is 11.5 Å². The Kier molecular flexibility index (Phi) is 9.12. The van der Waals surface area contributed by atoms with Gasteiger partial charge in [0.25, 0.3) is 0 Å². The Balaban J connectivity index is 2.99. The molecule has 0 saturated carbocycles. The van der Waals surface area contributed by atoms with E-state index < -0.39 is 8.24 Å². The zero-order valence-corrected chi connectivity index (χ0v) is 25.3. The molecule has 0 aliphatic heterocycles. The fourth-order valence-corrected chi connectivity index (χ4v) is 5.95. The molecule has 0 atom stereocenters. The van der Waals surface area contributed by atoms with Gasteiger partial charge < -0.3 is 23.5 Å². The van der Waals surface area contributed by atoms with E-state index in [0.29, 0.717) is 0 Å². The number of hydrogen-bond acceptors (Lipinski definition) is 5. The molecule has 196 valence electrons. The highest BCUT2D eigenvalue weighted by atomic mass is 28.3. The van der Waals surface area contributed by atoms with E-state index in [4.69, 9.17) is 18.9 Å². The van der Waals surface area contributed by atoms with Crippen molar-refractivity contribution in [3.8, 4) is 11.5 Å². The van der Waals surface area contributed by atoms with E-state index >= 15 is 0 Å². The first-order chi connectivity index (χ1) is 16.0. The molecule has 6 heteroatoms. The molecule has 5 nitrogen and oxygen atoms in total. The first kappa shape index (κ1) is 29.2. The third kappa shape index (κ3) is 7.02. The molecule has 2 aromatic rings. The number of methoxy groups -OCH3 is 2. The summed E-state index contributed by atoms with van der Waals surface area (Å²) in [6.07, 6.45) is 0. The molecule has 0 unspecified atom stereocenters. The Morgan fingerprint density at radius 3 is 1.26 bits per heavy atom. The topological polar surface area (TPSA) is 40.2 Å². The van der Waals surface area contributed by atoms with Gasteiger partial charge in [-0.2, -0.15) is 0 Å². The average molecular weight is 502 g/mol. The Bertz CT molecular complexity index is 938. The van der Waals surface area contributed by atoms with Crippen molar-refractivity contribution in [2.24, 2.45) is 0 Å². The largest absolute Gasteiger partial charge is 0.465 e. The average Bonchev–Trinajstić information content (AvgIpc) is 2.70. The summed E-state index contributed by atoms with van der Waals surface area (Å²) < 4.78 is 25.6. The quantitative estimate of drug-likeness (QED) is 0.258. The standard InChI is InChI=1S/C29H47NO4Si/c1-20-14-22(28(3,4)5)16-24(26(20)33-18-31-9)30(35(11,12)13)25-17-23(29(6,7)8)15-21(2)27(25)34-19-32-10/h14-17H,18-19H2,1-13H3. The summed E-state index contributed by atoms with van der Waals surface area (Å²) in [7, 11) is 1.28. The van der Waals surface area contributed by atoms with Gasteiger partial charge in [0, 0.05) is 14.2 Å². The lowest BCUT2D eigenvalue weighted by atomic mass is 9.85. The van der Waals surface area contributed by atoms with Crippen LogP contribution in [0.4, 0.5) is 11.4 Å². The molecule has 0 N–H and O–H groups in total. The second kappa shape index (κ2) is 10.9. The van der Waals surface area contributed by atoms with Crippen LogP contribution in [-0.4, -0.2) is 36.0 Å². The second-order valence-electron chi connectivity index (χ2n) is 12.4. The van der Waals surface area contributed by atoms with Crippen LogP contribution < -0.4 is 14.0 Å². The van der Waals surface area contributed by atoms with Crippen molar-refractivity contribution >= 4 is 19.6 Å². The molecule has 2 aromatic carbocycles. The molecule has 0 aliphatic carbocycles. The normalized spacial score (nSPS) is 12.6. The molecule has 0 spiro atoms. The SMILES string of the molecule is COCOc1c(C)cc(C(C)(C)C)cc1N(c1cc(C(C)(C)C)cc(C)c1OCOC)[Si](C)(C)C. The lowest BCUT2D eigenvalue weighted by Crippen LogP contribution is -2.43. The van der Waals surface area contributed by atoms with Crippen molar-refractivity contribution in [1.82, 2.24) is 0 Å². The summed E-state index contributed by atoms with van der Waals surface area (Å²) in [6, 6.07) is 9.04. The number of hydrogen-bond donors (Lipinski definition) is 0. The van der Waals surface area contributed by atoms with Gasteiger partial charge in [-0.3, -0.25) is 0 Å². The highest BCUT2D eigenvalue weighted by Crippen LogP contribution is 2.47. The monoisotopic (exact) mass is 501 g/mol. The zero-order valence-electron chi connectivity index (χ0n) is 24.3. The summed E-state index contributed by atoms with van der Waals surface area (Å²) in [6.45, 7) is 25.2. The van der Waals surface area contributed by atoms with Crippen LogP contribution in [0.15, 0.2) is 24.3 Å². The van der Waals surface area contributed by atoms with Gasteiger partial charge in [0.05, 0.1) is 11.4 Å². The molecule has 2 rings (SSSR count). The van der Waals surface area contributed by atoms with Crippen LogP contribution >= 0.6 is 0 Å². The second-order valence-corrected chi connectivity index (χ2v) is 17.2. The van der Waals surface area contributed by atoms with Gasteiger partial charge in [-0.15, -0.1) is 0 Å². The van der Waals surface area contributed by atoms with E-state index in [1.165, 1.54) is 11.1 Å². The maximum atomic E-state index is 6.22. The summed E-state index contributed by atoms with van der Waals surface area (Å²) in [5, 5.41) is 0. The molecule has 0 bridgehead atoms. The van der Waals surface area contributed by atoms with Crippen molar-refractivity contribution in [2.45, 2.75) is 85.9 Å². The minimum atomic E-state index is -2.03. The Morgan fingerprint density at radius 2 is 1.00 bits per heavy atom. The third-order valence-corrected chi connectivity index (χ3v) is 7.86. The number of aryl methyl sites for hydroxylation is 2. The van der Waals surface area contributed by atoms with E-state index in [0.717, 1.165) is 34.0 Å². The summed E-state index contributed by atoms with van der Waals surface area (Å²) in [4.78, 5) is 0. The van der Waals surface area contributed by atoms with Gasteiger partial charge in [-0.1, -0.05) is 73.3 Å². The van der Waals surface area contributed by atoms with Crippen molar-refractivity contribution in [3.63, 3.8) is 0 Å². The van der Waals surface area contributed by atoms with Crippen molar-refractivity contribution in [2.75, 3.05) is 32.4 Å². The molecule has 0 radical (unpaired) electrons. The maximum absolute atomic E-state index is 6.22. The predicted molar refractivity (Wildman–Crippen MR) is 150 cm³/mol. The highest BCUT2D eigenvalue weighted by Gasteiger charge is 2.34. The smallest absolute Gasteiger partial charge is 0.188 e. The molecule has 35 heavy (non-hydrogen) atoms. The van der Waals surface area contributed by atoms with Gasteiger partial charge in [-0.05, 0) is 59.1 Å². The van der Waals surface area contributed by atoms with E-state index in [9.17, 15) is 0 Å². The molecule has 0 fully saturated rings. The van der Waals surface area contributed by atoms with Crippen molar-refractivity contribution in [1.29, 1.82) is 0 Å². The zero-order chi connectivity index (χ0) is 26.8. The first-order valence-corrected chi connectivity index (χ1v) is 15.8. The van der Waals surface area contributed by atoms with Crippen LogP contribution in [0.25, 0.3) is 0 Å². The number of nitrogens with zero attached hydrogens (tertiary/aromatic N) is 1. The Labute approximate surface area is 214 Å². The van der Waals surface area contributed by atoms with Crippen LogP contribution in [0.2, 0.25) is 19.6 Å². The van der Waals surface area contributed by atoms with Crippen molar-refractivity contribution in [3.05, 3.63) is 46.5 Å². The predicted octanol–water partition coefficient (Wildman–Crippen LogP) is 7.84. The van der Waals surface area contributed by atoms with E-state index in [1.807, 2.05) is 0 Å². The minimum Gasteiger partial charge on any atom is -0.465 e. The van der Waals surface area contributed by atoms with E-state index in [2.05, 4.69) is 104 Å². The van der Waals surface area contributed by atoms with Crippen LogP contribution in [0.3, 0.4) is 0 Å². The molecule has 0 heterocycles. The molecular formula is C29H47NO4Si. The summed E-state index contributed by atoms with van der Waals surface area (Å²) in [5.74, 6) is 1.69. The van der Waals surface area contributed by atoms with Gasteiger partial charge in [0.2, 0.25) is 0 Å². The summed E-state index contributed by atoms with van der Waals surface area (Å²) >= 11 is 0. The molecule has 0 aliphatic rings. The van der Waals surface area contributed by atoms with Crippen LogP contribution in [0.1, 0.15) is 63.8 Å². The Morgan fingerprint density at radius 1 is 0.657 bits per heavy atom. The van der Waals surface area contributed by atoms with Crippen molar-refractivity contribution < 1.29 is 18.9 Å². The number of ether oxygens (including phenoxy) is 4. The molecule has 0 amide bonds. The van der Waals surface area contributed by atoms with Gasteiger partial charge in [0.15, 0.2) is 21.8 Å². The fourth-order valence-electron chi connectivity index (χ4n) is 4.17. The number of rotatable bonds is 9. The summed E-state index contributed by atoms with van der Waals surface area (Å²) in [5.41, 5.74) is 6.80. The van der Waals surface area contributed by atoms with Gasteiger partial charge in [0.1, 0.15) is 11.5 Å². The van der Waals surface area contributed by atoms with E-state index in [-0.39, 0.29) is 24.4 Å². The van der Waals surface area contributed by atoms with E-state index in [1.54, 1.807) is 14.2 Å². The minimum absolute atomic E-state index is 0.0110. The first-order valence-electron chi connectivity index (χ1n) is 12.4. The van der Waals surface area contributed by atoms with Crippen LogP contribution in [-0.2, 0) is 20.3 Å². The molecule has 0 saturated heterocycles. The lowest BCUT2D eigenvalue weighted by Gasteiger charge is -2.40. The maximum Gasteiger partial charge on any atom is 0.188 e. The van der Waals surface area contributed by atoms with Crippen LogP contribution in [0, 0.1) is 13.8 Å². The number of anilines is 2. The fraction of sp³-hybridized carbons (Fsp3) is 0.586. The Hall–Kier alpha value is -2.02.